The van der Waals surface area contributed by atoms with Crippen LogP contribution in [0.15, 0.2) is 48.6 Å². The van der Waals surface area contributed by atoms with Gasteiger partial charge >= 0.3 is 0 Å². The highest BCUT2D eigenvalue weighted by Gasteiger charge is 2.21. The predicted octanol–water partition coefficient (Wildman–Crippen LogP) is 5.38. The summed E-state index contributed by atoms with van der Waals surface area (Å²) in [7, 11) is 0. The van der Waals surface area contributed by atoms with Crippen molar-refractivity contribution in [3.05, 3.63) is 48.6 Å². The van der Waals surface area contributed by atoms with Crippen LogP contribution in [0.25, 0.3) is 0 Å². The van der Waals surface area contributed by atoms with Crippen molar-refractivity contribution < 1.29 is 9.47 Å². The van der Waals surface area contributed by atoms with Gasteiger partial charge in [0.15, 0.2) is 0 Å². The molecule has 2 heteroatoms. The summed E-state index contributed by atoms with van der Waals surface area (Å²) in [6, 6.07) is 0. The fraction of sp³-hybridized carbons (Fsp3) is 0.600. The van der Waals surface area contributed by atoms with Crippen molar-refractivity contribution in [2.75, 3.05) is 13.2 Å². The van der Waals surface area contributed by atoms with Crippen LogP contribution in [0.3, 0.4) is 0 Å². The van der Waals surface area contributed by atoms with Crippen LogP contribution in [0.5, 0.6) is 0 Å². The van der Waals surface area contributed by atoms with Gasteiger partial charge in [-0.25, -0.2) is 0 Å². The van der Waals surface area contributed by atoms with E-state index in [9.17, 15) is 0 Å². The lowest BCUT2D eigenvalue weighted by atomic mass is 9.95. The van der Waals surface area contributed by atoms with E-state index in [1.807, 2.05) is 0 Å². The lowest BCUT2D eigenvalue weighted by Crippen LogP contribution is -2.26. The van der Waals surface area contributed by atoms with Crippen molar-refractivity contribution in [3.8, 4) is 0 Å². The number of ether oxygens (including phenoxy) is 2. The Labute approximate surface area is 136 Å². The highest BCUT2D eigenvalue weighted by molar-refractivity contribution is 5.02. The predicted molar refractivity (Wildman–Crippen MR) is 95.1 cm³/mol. The van der Waals surface area contributed by atoms with Crippen molar-refractivity contribution in [2.45, 2.75) is 64.6 Å². The van der Waals surface area contributed by atoms with Crippen LogP contribution in [-0.4, -0.2) is 25.4 Å². The molecule has 0 unspecified atom stereocenters. The van der Waals surface area contributed by atoms with Crippen LogP contribution in [0.4, 0.5) is 0 Å². The Balaban J connectivity index is 2.05. The minimum absolute atomic E-state index is 0.405. The zero-order valence-corrected chi connectivity index (χ0v) is 14.2. The van der Waals surface area contributed by atoms with Crippen LogP contribution in [-0.2, 0) is 9.47 Å². The molecule has 0 saturated heterocycles. The molecular formula is C20H32O2. The molecular weight excluding hydrogens is 272 g/mol. The molecule has 1 aliphatic carbocycles. The first-order valence-corrected chi connectivity index (χ1v) is 8.73. The number of hydrogen-bond acceptors (Lipinski definition) is 2. The average Bonchev–Trinajstić information content (AvgIpc) is 2.55. The summed E-state index contributed by atoms with van der Waals surface area (Å²) in [5.74, 6) is 0. The molecule has 0 aromatic rings. The van der Waals surface area contributed by atoms with Crippen molar-refractivity contribution >= 4 is 0 Å². The third-order valence-electron chi connectivity index (χ3n) is 3.72. The standard InChI is InChI=1S/C20H32O2/c1-3-5-7-9-11-17-21-19-13-15-20(16-14-19)22-18-12-10-8-6-4-2/h5-12,19-20H,3-4,13-18H2,1-2H3/b7-5+,8-6+,11-9+,12-10+. The van der Waals surface area contributed by atoms with Crippen LogP contribution in [0.2, 0.25) is 0 Å². The van der Waals surface area contributed by atoms with Gasteiger partial charge in [-0.2, -0.15) is 0 Å². The van der Waals surface area contributed by atoms with Crippen LogP contribution >= 0.6 is 0 Å². The Morgan fingerprint density at radius 1 is 0.636 bits per heavy atom. The third kappa shape index (κ3) is 9.75. The third-order valence-corrected chi connectivity index (χ3v) is 3.72. The van der Waals surface area contributed by atoms with Gasteiger partial charge in [-0.15, -0.1) is 0 Å². The maximum Gasteiger partial charge on any atom is 0.0654 e. The fourth-order valence-corrected chi connectivity index (χ4v) is 2.45. The molecule has 1 saturated carbocycles. The SMILES string of the molecule is CC/C=C/C=C/COC1CCC(OC/C=C/C=C/CC)CC1. The average molecular weight is 304 g/mol. The summed E-state index contributed by atoms with van der Waals surface area (Å²) >= 11 is 0. The molecule has 2 nitrogen and oxygen atoms in total. The van der Waals surface area contributed by atoms with Crippen molar-refractivity contribution in [3.63, 3.8) is 0 Å². The van der Waals surface area contributed by atoms with Crippen molar-refractivity contribution in [1.82, 2.24) is 0 Å². The highest BCUT2D eigenvalue weighted by atomic mass is 16.5. The second kappa shape index (κ2) is 13.5. The molecule has 1 aliphatic rings. The van der Waals surface area contributed by atoms with Crippen LogP contribution in [0, 0.1) is 0 Å². The quantitative estimate of drug-likeness (QED) is 0.505. The first-order chi connectivity index (χ1) is 10.9. The summed E-state index contributed by atoms with van der Waals surface area (Å²) in [5.41, 5.74) is 0. The first-order valence-electron chi connectivity index (χ1n) is 8.73. The molecule has 0 N–H and O–H groups in total. The van der Waals surface area contributed by atoms with E-state index in [0.717, 1.165) is 51.7 Å². The van der Waals surface area contributed by atoms with E-state index in [1.165, 1.54) is 0 Å². The van der Waals surface area contributed by atoms with E-state index >= 15 is 0 Å². The van der Waals surface area contributed by atoms with Gasteiger partial charge in [0, 0.05) is 0 Å². The smallest absolute Gasteiger partial charge is 0.0654 e. The van der Waals surface area contributed by atoms with E-state index in [0.29, 0.717) is 12.2 Å². The molecule has 0 amide bonds. The summed E-state index contributed by atoms with van der Waals surface area (Å²) in [6.07, 6.45) is 24.2. The summed E-state index contributed by atoms with van der Waals surface area (Å²) in [6.45, 7) is 5.71. The molecule has 0 aliphatic heterocycles. The molecule has 1 rings (SSSR count). The van der Waals surface area contributed by atoms with E-state index in [4.69, 9.17) is 9.47 Å². The minimum atomic E-state index is 0.405. The van der Waals surface area contributed by atoms with E-state index in [2.05, 4.69) is 62.5 Å². The van der Waals surface area contributed by atoms with Crippen LogP contribution in [0.1, 0.15) is 52.4 Å². The van der Waals surface area contributed by atoms with E-state index in [-0.39, 0.29) is 0 Å². The van der Waals surface area contributed by atoms with Gasteiger partial charge in [0.25, 0.3) is 0 Å². The zero-order chi connectivity index (χ0) is 15.9. The monoisotopic (exact) mass is 304 g/mol. The maximum absolute atomic E-state index is 5.88. The molecule has 0 radical (unpaired) electrons. The molecule has 0 atom stereocenters. The molecule has 0 aromatic carbocycles. The molecule has 22 heavy (non-hydrogen) atoms. The normalized spacial score (nSPS) is 23.5. The lowest BCUT2D eigenvalue weighted by Gasteiger charge is -2.28. The van der Waals surface area contributed by atoms with Gasteiger partial charge in [0.2, 0.25) is 0 Å². The van der Waals surface area contributed by atoms with E-state index in [1.54, 1.807) is 0 Å². The van der Waals surface area contributed by atoms with Crippen molar-refractivity contribution in [1.29, 1.82) is 0 Å². The molecule has 0 aromatic heterocycles. The van der Waals surface area contributed by atoms with Gasteiger partial charge in [-0.1, -0.05) is 62.5 Å². The summed E-state index contributed by atoms with van der Waals surface area (Å²) in [5, 5.41) is 0. The topological polar surface area (TPSA) is 18.5 Å². The second-order valence-corrected chi connectivity index (χ2v) is 5.59. The van der Waals surface area contributed by atoms with Gasteiger partial charge < -0.3 is 9.47 Å². The number of hydrogen-bond donors (Lipinski definition) is 0. The molecule has 0 bridgehead atoms. The highest BCUT2D eigenvalue weighted by Crippen LogP contribution is 2.23. The Morgan fingerprint density at radius 2 is 1.00 bits per heavy atom. The van der Waals surface area contributed by atoms with Crippen molar-refractivity contribution in [2.24, 2.45) is 0 Å². The maximum atomic E-state index is 5.88. The van der Waals surface area contributed by atoms with Gasteiger partial charge in [0.1, 0.15) is 0 Å². The number of rotatable bonds is 10. The van der Waals surface area contributed by atoms with Crippen LogP contribution < -0.4 is 0 Å². The Kier molecular flexibility index (Phi) is 11.6. The Morgan fingerprint density at radius 3 is 1.36 bits per heavy atom. The van der Waals surface area contributed by atoms with Gasteiger partial charge in [-0.3, -0.25) is 0 Å². The van der Waals surface area contributed by atoms with Gasteiger partial charge in [0.05, 0.1) is 25.4 Å². The van der Waals surface area contributed by atoms with Gasteiger partial charge in [-0.05, 0) is 38.5 Å². The molecule has 0 spiro atoms. The molecule has 1 fully saturated rings. The molecule has 0 heterocycles. The number of allylic oxidation sites excluding steroid dienone is 6. The summed E-state index contributed by atoms with van der Waals surface area (Å²) < 4.78 is 11.8. The fourth-order valence-electron chi connectivity index (χ4n) is 2.45. The first kappa shape index (κ1) is 18.9. The largest absolute Gasteiger partial charge is 0.374 e. The van der Waals surface area contributed by atoms with E-state index < -0.39 is 0 Å². The second-order valence-electron chi connectivity index (χ2n) is 5.59. The summed E-state index contributed by atoms with van der Waals surface area (Å²) in [4.78, 5) is 0. The lowest BCUT2D eigenvalue weighted by molar-refractivity contribution is -0.0163. The zero-order valence-electron chi connectivity index (χ0n) is 14.2. The Hall–Kier alpha value is -1.12. The molecule has 124 valence electrons. The minimum Gasteiger partial charge on any atom is -0.374 e. The Bertz CT molecular complexity index is 322.